The van der Waals surface area contributed by atoms with Crippen LogP contribution in [0.5, 0.6) is 0 Å². The zero-order valence-corrected chi connectivity index (χ0v) is 12.4. The average molecular weight is 283 g/mol. The Kier molecular flexibility index (Phi) is 4.04. The van der Waals surface area contributed by atoms with Crippen molar-refractivity contribution in [2.75, 3.05) is 13.1 Å². The number of carbonyl (C=O) groups excluding carboxylic acids is 1. The molecule has 1 aromatic heterocycles. The molecule has 1 saturated heterocycles. The Morgan fingerprint density at radius 3 is 2.81 bits per heavy atom. The molecule has 0 saturated carbocycles. The van der Waals surface area contributed by atoms with E-state index in [9.17, 15) is 4.79 Å². The fraction of sp³-hybridized carbons (Fsp3) is 0.412. The van der Waals surface area contributed by atoms with E-state index in [1.165, 1.54) is 5.56 Å². The quantitative estimate of drug-likeness (QED) is 0.865. The first kappa shape index (κ1) is 13.9. The predicted molar refractivity (Wildman–Crippen MR) is 82.0 cm³/mol. The zero-order chi connectivity index (χ0) is 14.7. The van der Waals surface area contributed by atoms with Gasteiger partial charge >= 0.3 is 0 Å². The van der Waals surface area contributed by atoms with Crippen molar-refractivity contribution in [3.63, 3.8) is 0 Å². The lowest BCUT2D eigenvalue weighted by molar-refractivity contribution is -0.130. The monoisotopic (exact) mass is 283 g/mol. The van der Waals surface area contributed by atoms with Crippen molar-refractivity contribution >= 4 is 5.91 Å². The molecule has 2 aromatic rings. The standard InChI is InChI=1S/C17H21N3O/c1-14-7-11-20(18-14)12-9-17(21)19-10-8-16(13-19)15-5-3-2-4-6-15/h2-7,11,16H,8-10,12-13H2,1H3/t16-/m1/s1. The van der Waals surface area contributed by atoms with Gasteiger partial charge in [0.15, 0.2) is 0 Å². The summed E-state index contributed by atoms with van der Waals surface area (Å²) in [7, 11) is 0. The van der Waals surface area contributed by atoms with Gasteiger partial charge in [-0.1, -0.05) is 30.3 Å². The van der Waals surface area contributed by atoms with Crippen LogP contribution in [-0.4, -0.2) is 33.7 Å². The first-order chi connectivity index (χ1) is 10.2. The number of rotatable bonds is 4. The summed E-state index contributed by atoms with van der Waals surface area (Å²) in [4.78, 5) is 14.3. The Labute approximate surface area is 125 Å². The van der Waals surface area contributed by atoms with E-state index in [-0.39, 0.29) is 5.91 Å². The Balaban J connectivity index is 1.52. The molecule has 4 nitrogen and oxygen atoms in total. The second kappa shape index (κ2) is 6.12. The highest BCUT2D eigenvalue weighted by atomic mass is 16.2. The van der Waals surface area contributed by atoms with Crippen LogP contribution in [0.25, 0.3) is 0 Å². The fourth-order valence-electron chi connectivity index (χ4n) is 2.94. The lowest BCUT2D eigenvalue weighted by atomic mass is 9.99. The van der Waals surface area contributed by atoms with Crippen molar-refractivity contribution in [2.24, 2.45) is 0 Å². The van der Waals surface area contributed by atoms with Crippen molar-refractivity contribution in [2.45, 2.75) is 32.2 Å². The maximum absolute atomic E-state index is 12.3. The van der Waals surface area contributed by atoms with Gasteiger partial charge in [-0.3, -0.25) is 9.48 Å². The summed E-state index contributed by atoms with van der Waals surface area (Å²) < 4.78 is 1.85. The summed E-state index contributed by atoms with van der Waals surface area (Å²) >= 11 is 0. The first-order valence-electron chi connectivity index (χ1n) is 7.55. The average Bonchev–Trinajstić information content (AvgIpc) is 3.15. The molecule has 1 amide bonds. The van der Waals surface area contributed by atoms with E-state index >= 15 is 0 Å². The van der Waals surface area contributed by atoms with Crippen molar-refractivity contribution < 1.29 is 4.79 Å². The van der Waals surface area contributed by atoms with Gasteiger partial charge in [0.05, 0.1) is 5.69 Å². The van der Waals surface area contributed by atoms with Crippen LogP contribution in [0, 0.1) is 6.92 Å². The maximum atomic E-state index is 12.3. The van der Waals surface area contributed by atoms with Gasteiger partial charge < -0.3 is 4.90 Å². The van der Waals surface area contributed by atoms with Gasteiger partial charge in [0.25, 0.3) is 0 Å². The molecule has 110 valence electrons. The Morgan fingerprint density at radius 2 is 2.10 bits per heavy atom. The molecule has 1 aromatic carbocycles. The molecule has 0 N–H and O–H groups in total. The van der Waals surface area contributed by atoms with E-state index in [1.54, 1.807) is 0 Å². The van der Waals surface area contributed by atoms with Crippen molar-refractivity contribution in [3.8, 4) is 0 Å². The lowest BCUT2D eigenvalue weighted by Gasteiger charge is -2.16. The highest BCUT2D eigenvalue weighted by Crippen LogP contribution is 2.27. The number of amides is 1. The van der Waals surface area contributed by atoms with Gasteiger partial charge in [0.1, 0.15) is 0 Å². The van der Waals surface area contributed by atoms with Crippen molar-refractivity contribution in [1.82, 2.24) is 14.7 Å². The number of nitrogens with zero attached hydrogens (tertiary/aromatic N) is 3. The molecule has 0 spiro atoms. The molecular weight excluding hydrogens is 262 g/mol. The predicted octanol–water partition coefficient (Wildman–Crippen LogP) is 2.60. The van der Waals surface area contributed by atoms with Crippen molar-refractivity contribution in [3.05, 3.63) is 53.9 Å². The SMILES string of the molecule is Cc1ccn(CCC(=O)N2CC[C@@H](c3ccccc3)C2)n1. The number of benzene rings is 1. The van der Waals surface area contributed by atoms with E-state index in [1.807, 2.05) is 34.8 Å². The Bertz CT molecular complexity index is 606. The van der Waals surface area contributed by atoms with Gasteiger partial charge in [-0.2, -0.15) is 5.10 Å². The van der Waals surface area contributed by atoms with Crippen molar-refractivity contribution in [1.29, 1.82) is 0 Å². The third-order valence-corrected chi connectivity index (χ3v) is 4.14. The van der Waals surface area contributed by atoms with Crippen LogP contribution in [0.2, 0.25) is 0 Å². The molecule has 1 fully saturated rings. The summed E-state index contributed by atoms with van der Waals surface area (Å²) in [5, 5.41) is 4.32. The normalized spacial score (nSPS) is 18.1. The molecule has 0 bridgehead atoms. The van der Waals surface area contributed by atoms with Crippen LogP contribution in [0.4, 0.5) is 0 Å². The molecule has 1 aliphatic heterocycles. The fourth-order valence-corrected chi connectivity index (χ4v) is 2.94. The van der Waals surface area contributed by atoms with Gasteiger partial charge in [0, 0.05) is 38.2 Å². The number of aryl methyl sites for hydroxylation is 2. The highest BCUT2D eigenvalue weighted by Gasteiger charge is 2.26. The van der Waals surface area contributed by atoms with Gasteiger partial charge in [-0.25, -0.2) is 0 Å². The minimum atomic E-state index is 0.238. The molecule has 1 atom stereocenters. The van der Waals surface area contributed by atoms with Gasteiger partial charge in [-0.05, 0) is 25.0 Å². The third kappa shape index (κ3) is 3.32. The zero-order valence-electron chi connectivity index (χ0n) is 12.4. The van der Waals surface area contributed by atoms with Crippen LogP contribution in [0.15, 0.2) is 42.6 Å². The summed E-state index contributed by atoms with van der Waals surface area (Å²) in [5.41, 5.74) is 2.34. The van der Waals surface area contributed by atoms with E-state index in [0.29, 0.717) is 18.9 Å². The highest BCUT2D eigenvalue weighted by molar-refractivity contribution is 5.76. The van der Waals surface area contributed by atoms with Gasteiger partial charge in [-0.15, -0.1) is 0 Å². The molecule has 0 aliphatic carbocycles. The summed E-state index contributed by atoms with van der Waals surface area (Å²) in [6, 6.07) is 12.5. The van der Waals surface area contributed by atoms with E-state index in [2.05, 4.69) is 29.4 Å². The summed E-state index contributed by atoms with van der Waals surface area (Å²) in [6.45, 7) is 4.35. The van der Waals surface area contributed by atoms with E-state index in [4.69, 9.17) is 0 Å². The summed E-state index contributed by atoms with van der Waals surface area (Å²) in [5.74, 6) is 0.726. The van der Waals surface area contributed by atoms with Crippen LogP contribution < -0.4 is 0 Å². The summed E-state index contributed by atoms with van der Waals surface area (Å²) in [6.07, 6.45) is 3.53. The van der Waals surface area contributed by atoms with Crippen LogP contribution >= 0.6 is 0 Å². The molecule has 3 rings (SSSR count). The minimum absolute atomic E-state index is 0.238. The van der Waals surface area contributed by atoms with Crippen LogP contribution in [-0.2, 0) is 11.3 Å². The number of likely N-dealkylation sites (tertiary alicyclic amines) is 1. The molecule has 0 unspecified atom stereocenters. The minimum Gasteiger partial charge on any atom is -0.342 e. The van der Waals surface area contributed by atoms with Crippen LogP contribution in [0.3, 0.4) is 0 Å². The molecule has 2 heterocycles. The largest absolute Gasteiger partial charge is 0.342 e. The first-order valence-corrected chi connectivity index (χ1v) is 7.55. The number of hydrogen-bond acceptors (Lipinski definition) is 2. The maximum Gasteiger partial charge on any atom is 0.224 e. The molecule has 1 aliphatic rings. The Morgan fingerprint density at radius 1 is 1.29 bits per heavy atom. The number of aromatic nitrogens is 2. The van der Waals surface area contributed by atoms with Crippen LogP contribution in [0.1, 0.15) is 30.0 Å². The number of hydrogen-bond donors (Lipinski definition) is 0. The van der Waals surface area contributed by atoms with E-state index in [0.717, 1.165) is 25.2 Å². The smallest absolute Gasteiger partial charge is 0.224 e. The van der Waals surface area contributed by atoms with E-state index < -0.39 is 0 Å². The lowest BCUT2D eigenvalue weighted by Crippen LogP contribution is -2.29. The molecule has 0 radical (unpaired) electrons. The topological polar surface area (TPSA) is 38.1 Å². The molecular formula is C17H21N3O. The Hall–Kier alpha value is -2.10. The van der Waals surface area contributed by atoms with Gasteiger partial charge in [0.2, 0.25) is 5.91 Å². The third-order valence-electron chi connectivity index (χ3n) is 4.14. The second-order valence-corrected chi connectivity index (χ2v) is 5.71. The second-order valence-electron chi connectivity index (χ2n) is 5.71. The molecule has 4 heteroatoms. The number of carbonyl (C=O) groups is 1. The molecule has 21 heavy (non-hydrogen) atoms.